The predicted octanol–water partition coefficient (Wildman–Crippen LogP) is 3.76. The van der Waals surface area contributed by atoms with Gasteiger partial charge in [0.05, 0.1) is 19.7 Å². The molecular formula is C19H18FN3O3. The van der Waals surface area contributed by atoms with Gasteiger partial charge in [-0.3, -0.25) is 9.48 Å². The number of rotatable bonds is 6. The van der Waals surface area contributed by atoms with Crippen LogP contribution in [0.4, 0.5) is 4.39 Å². The SMILES string of the molecule is [2H]C([2H])(Oc1cccc(O)c1C=O)c1ccc(F)nc1-c1ccnn1C(C)C. The minimum atomic E-state index is -2.48. The molecule has 0 aliphatic carbocycles. The van der Waals surface area contributed by atoms with Gasteiger partial charge in [-0.25, -0.2) is 4.98 Å². The number of halogens is 1. The van der Waals surface area contributed by atoms with Gasteiger partial charge >= 0.3 is 0 Å². The Kier molecular flexibility index (Phi) is 4.26. The summed E-state index contributed by atoms with van der Waals surface area (Å²) in [7, 11) is 0. The number of carbonyl (C=O) groups excluding carboxylic acids is 1. The molecule has 6 nitrogen and oxygen atoms in total. The monoisotopic (exact) mass is 357 g/mol. The minimum absolute atomic E-state index is 0.0315. The van der Waals surface area contributed by atoms with Crippen molar-refractivity contribution in [3.05, 3.63) is 59.7 Å². The maximum atomic E-state index is 13.9. The van der Waals surface area contributed by atoms with E-state index in [-0.39, 0.29) is 34.4 Å². The molecule has 1 N–H and O–H groups in total. The van der Waals surface area contributed by atoms with Gasteiger partial charge in [0.25, 0.3) is 0 Å². The fourth-order valence-electron chi connectivity index (χ4n) is 2.48. The van der Waals surface area contributed by atoms with Crippen LogP contribution < -0.4 is 4.74 Å². The molecule has 2 aromatic heterocycles. The lowest BCUT2D eigenvalue weighted by molar-refractivity contribution is 0.111. The smallest absolute Gasteiger partial charge is 0.213 e. The number of nitrogens with zero attached hydrogens (tertiary/aromatic N) is 3. The third-order valence-electron chi connectivity index (χ3n) is 3.70. The molecule has 0 spiro atoms. The van der Waals surface area contributed by atoms with Gasteiger partial charge in [-0.15, -0.1) is 0 Å². The summed E-state index contributed by atoms with van der Waals surface area (Å²) < 4.78 is 37.7. The summed E-state index contributed by atoms with van der Waals surface area (Å²) in [5.74, 6) is -1.26. The standard InChI is InChI=1S/C19H18FN3O3/c1-12(2)23-15(8-9-21-23)19-13(6-7-18(20)22-19)11-26-17-5-3-4-16(25)14(17)10-24/h3-10,12,25H,11H2,1-2H3/i11D2. The summed E-state index contributed by atoms with van der Waals surface area (Å²) in [4.78, 5) is 15.1. The Morgan fingerprint density at radius 2 is 2.15 bits per heavy atom. The summed E-state index contributed by atoms with van der Waals surface area (Å²) in [6.07, 6.45) is 1.89. The van der Waals surface area contributed by atoms with Crippen molar-refractivity contribution >= 4 is 6.29 Å². The summed E-state index contributed by atoms with van der Waals surface area (Å²) >= 11 is 0. The van der Waals surface area contributed by atoms with E-state index < -0.39 is 12.5 Å². The van der Waals surface area contributed by atoms with Crippen molar-refractivity contribution in [1.29, 1.82) is 0 Å². The van der Waals surface area contributed by atoms with Gasteiger partial charge in [0, 0.05) is 17.8 Å². The van der Waals surface area contributed by atoms with Crippen molar-refractivity contribution in [2.24, 2.45) is 0 Å². The molecule has 0 atom stereocenters. The Morgan fingerprint density at radius 3 is 2.88 bits per heavy atom. The molecular weight excluding hydrogens is 337 g/mol. The van der Waals surface area contributed by atoms with Crippen LogP contribution in [0, 0.1) is 5.95 Å². The number of aromatic nitrogens is 3. The maximum absolute atomic E-state index is 13.9. The highest BCUT2D eigenvalue weighted by Gasteiger charge is 2.16. The van der Waals surface area contributed by atoms with Crippen LogP contribution in [0.25, 0.3) is 11.4 Å². The van der Waals surface area contributed by atoms with E-state index in [0.29, 0.717) is 12.0 Å². The Labute approximate surface area is 152 Å². The zero-order chi connectivity index (χ0) is 20.5. The number of aromatic hydroxyl groups is 1. The van der Waals surface area contributed by atoms with Crippen molar-refractivity contribution in [3.63, 3.8) is 0 Å². The van der Waals surface area contributed by atoms with Gasteiger partial charge < -0.3 is 9.84 Å². The second-order valence-corrected chi connectivity index (χ2v) is 5.80. The van der Waals surface area contributed by atoms with Crippen molar-refractivity contribution in [2.75, 3.05) is 0 Å². The molecule has 0 radical (unpaired) electrons. The first-order valence-corrected chi connectivity index (χ1v) is 7.91. The normalized spacial score (nSPS) is 12.6. The number of aldehydes is 1. The first-order valence-electron chi connectivity index (χ1n) is 8.91. The van der Waals surface area contributed by atoms with Gasteiger partial charge in [0.15, 0.2) is 6.29 Å². The van der Waals surface area contributed by atoms with Crippen LogP contribution in [0.1, 0.15) is 38.6 Å². The van der Waals surface area contributed by atoms with E-state index in [0.717, 1.165) is 6.07 Å². The van der Waals surface area contributed by atoms with E-state index >= 15 is 0 Å². The number of carbonyl (C=O) groups is 1. The van der Waals surface area contributed by atoms with Crippen LogP contribution in [-0.4, -0.2) is 26.2 Å². The Bertz CT molecular complexity index is 1020. The molecule has 3 rings (SSSR count). The zero-order valence-corrected chi connectivity index (χ0v) is 14.2. The first kappa shape index (κ1) is 15.1. The molecule has 3 aromatic rings. The lowest BCUT2D eigenvalue weighted by Gasteiger charge is -2.15. The Balaban J connectivity index is 2.12. The van der Waals surface area contributed by atoms with E-state index in [9.17, 15) is 14.3 Å². The van der Waals surface area contributed by atoms with Crippen LogP contribution in [0.3, 0.4) is 0 Å². The summed E-state index contributed by atoms with van der Waals surface area (Å²) in [5, 5.41) is 14.0. The lowest BCUT2D eigenvalue weighted by atomic mass is 10.1. The highest BCUT2D eigenvalue weighted by Crippen LogP contribution is 2.28. The molecule has 0 aliphatic heterocycles. The molecule has 0 saturated heterocycles. The van der Waals surface area contributed by atoms with Crippen LogP contribution in [0.2, 0.25) is 0 Å². The minimum Gasteiger partial charge on any atom is -0.507 e. The van der Waals surface area contributed by atoms with Gasteiger partial charge in [0.1, 0.15) is 18.1 Å². The second kappa shape index (κ2) is 7.35. The van der Waals surface area contributed by atoms with Gasteiger partial charge in [-0.1, -0.05) is 6.07 Å². The molecule has 0 amide bonds. The van der Waals surface area contributed by atoms with Gasteiger partial charge in [-0.05, 0) is 44.2 Å². The maximum Gasteiger partial charge on any atom is 0.213 e. The molecule has 7 heteroatoms. The third-order valence-corrected chi connectivity index (χ3v) is 3.70. The number of phenolic OH excluding ortho intramolecular Hbond substituents is 1. The first-order chi connectivity index (χ1) is 13.2. The number of pyridine rings is 1. The van der Waals surface area contributed by atoms with Crippen LogP contribution in [0.15, 0.2) is 42.6 Å². The highest BCUT2D eigenvalue weighted by molar-refractivity contribution is 5.83. The highest BCUT2D eigenvalue weighted by atomic mass is 19.1. The second-order valence-electron chi connectivity index (χ2n) is 5.80. The van der Waals surface area contributed by atoms with E-state index in [1.165, 1.54) is 30.5 Å². The Hall–Kier alpha value is -3.22. The quantitative estimate of drug-likeness (QED) is 0.537. The molecule has 0 saturated carbocycles. The molecule has 134 valence electrons. The Morgan fingerprint density at radius 1 is 1.35 bits per heavy atom. The molecule has 0 unspecified atom stereocenters. The van der Waals surface area contributed by atoms with E-state index in [2.05, 4.69) is 10.1 Å². The number of hydrogen-bond acceptors (Lipinski definition) is 5. The number of phenols is 1. The van der Waals surface area contributed by atoms with Crippen molar-refractivity contribution in [2.45, 2.75) is 26.4 Å². The molecule has 0 fully saturated rings. The molecule has 2 heterocycles. The van der Waals surface area contributed by atoms with Crippen LogP contribution >= 0.6 is 0 Å². The largest absolute Gasteiger partial charge is 0.507 e. The zero-order valence-electron chi connectivity index (χ0n) is 16.2. The topological polar surface area (TPSA) is 77.2 Å². The van der Waals surface area contributed by atoms with E-state index in [1.54, 1.807) is 10.7 Å². The third kappa shape index (κ3) is 3.42. The number of ether oxygens (including phenoxy) is 1. The number of benzene rings is 1. The molecule has 1 aromatic carbocycles. The van der Waals surface area contributed by atoms with Crippen LogP contribution in [-0.2, 0) is 6.56 Å². The van der Waals surface area contributed by atoms with Gasteiger partial charge in [-0.2, -0.15) is 9.49 Å². The molecule has 0 bridgehead atoms. The van der Waals surface area contributed by atoms with Crippen molar-refractivity contribution in [1.82, 2.24) is 14.8 Å². The summed E-state index contributed by atoms with van der Waals surface area (Å²) in [6, 6.07) is 7.87. The molecule has 26 heavy (non-hydrogen) atoms. The average Bonchev–Trinajstić information content (AvgIpc) is 3.11. The van der Waals surface area contributed by atoms with Crippen molar-refractivity contribution < 1.29 is 21.8 Å². The average molecular weight is 357 g/mol. The fourth-order valence-corrected chi connectivity index (χ4v) is 2.48. The lowest BCUT2D eigenvalue weighted by Crippen LogP contribution is -2.08. The van der Waals surface area contributed by atoms with Crippen LogP contribution in [0.5, 0.6) is 11.5 Å². The summed E-state index contributed by atoms with van der Waals surface area (Å²) in [5.41, 5.74) is 0.221. The summed E-state index contributed by atoms with van der Waals surface area (Å²) in [6.45, 7) is 1.28. The van der Waals surface area contributed by atoms with E-state index in [4.69, 9.17) is 7.48 Å². The van der Waals surface area contributed by atoms with E-state index in [1.807, 2.05) is 13.8 Å². The van der Waals surface area contributed by atoms with Gasteiger partial charge in [0.2, 0.25) is 5.95 Å². The predicted molar refractivity (Wildman–Crippen MR) is 93.6 cm³/mol. The number of hydrogen-bond donors (Lipinski definition) is 1. The van der Waals surface area contributed by atoms with Crippen molar-refractivity contribution in [3.8, 4) is 22.9 Å². The fraction of sp³-hybridized carbons (Fsp3) is 0.211. The molecule has 0 aliphatic rings.